The average Bonchev–Trinajstić information content (AvgIpc) is 2.92. The van der Waals surface area contributed by atoms with Crippen molar-refractivity contribution >= 4 is 39.4 Å². The van der Waals surface area contributed by atoms with Gasteiger partial charge in [-0.15, -0.1) is 11.3 Å². The zero-order valence-electron chi connectivity index (χ0n) is 10.7. The van der Waals surface area contributed by atoms with Gasteiger partial charge in [0.1, 0.15) is 10.6 Å². The van der Waals surface area contributed by atoms with Crippen molar-refractivity contribution in [2.24, 2.45) is 5.10 Å². The first kappa shape index (κ1) is 16.5. The maximum absolute atomic E-state index is 12.4. The smallest absolute Gasteiger partial charge is 0.425 e. The van der Waals surface area contributed by atoms with Gasteiger partial charge in [0.25, 0.3) is 5.91 Å². The zero-order chi connectivity index (χ0) is 16.3. The maximum Gasteiger partial charge on any atom is 0.425 e. The lowest BCUT2D eigenvalue weighted by atomic mass is 10.2. The SMILES string of the molecule is O=C(N/N=C/c1cc(Br)ccc1O)c1ccc(C(F)(F)F)s1. The second-order valence-electron chi connectivity index (χ2n) is 4.06. The highest BCUT2D eigenvalue weighted by Crippen LogP contribution is 2.34. The Balaban J connectivity index is 2.05. The first-order valence-electron chi connectivity index (χ1n) is 5.76. The van der Waals surface area contributed by atoms with Gasteiger partial charge in [0.05, 0.1) is 11.1 Å². The lowest BCUT2D eigenvalue weighted by molar-refractivity contribution is -0.134. The van der Waals surface area contributed by atoms with E-state index in [1.807, 2.05) is 0 Å². The van der Waals surface area contributed by atoms with Crippen LogP contribution in [0.5, 0.6) is 5.75 Å². The number of nitrogens with zero attached hydrogens (tertiary/aromatic N) is 1. The van der Waals surface area contributed by atoms with E-state index in [4.69, 9.17) is 0 Å². The molecule has 116 valence electrons. The molecule has 0 aliphatic heterocycles. The number of nitrogens with one attached hydrogen (secondary N) is 1. The number of carbonyl (C=O) groups excluding carboxylic acids is 1. The number of aromatic hydroxyl groups is 1. The predicted molar refractivity (Wildman–Crippen MR) is 80.2 cm³/mol. The molecule has 1 heterocycles. The van der Waals surface area contributed by atoms with Gasteiger partial charge in [-0.1, -0.05) is 15.9 Å². The largest absolute Gasteiger partial charge is 0.507 e. The fourth-order valence-electron chi connectivity index (χ4n) is 1.46. The summed E-state index contributed by atoms with van der Waals surface area (Å²) in [7, 11) is 0. The van der Waals surface area contributed by atoms with Crippen LogP contribution in [-0.4, -0.2) is 17.2 Å². The number of alkyl halides is 3. The second kappa shape index (κ2) is 6.49. The summed E-state index contributed by atoms with van der Waals surface area (Å²) < 4.78 is 38.0. The minimum Gasteiger partial charge on any atom is -0.507 e. The van der Waals surface area contributed by atoms with E-state index < -0.39 is 17.0 Å². The Hall–Kier alpha value is -1.87. The van der Waals surface area contributed by atoms with Gasteiger partial charge >= 0.3 is 6.18 Å². The van der Waals surface area contributed by atoms with Crippen molar-refractivity contribution < 1.29 is 23.1 Å². The normalized spacial score (nSPS) is 11.8. The summed E-state index contributed by atoms with van der Waals surface area (Å²) in [5.41, 5.74) is 2.45. The molecule has 0 aliphatic carbocycles. The highest BCUT2D eigenvalue weighted by Gasteiger charge is 2.33. The molecule has 1 aromatic heterocycles. The van der Waals surface area contributed by atoms with Crippen LogP contribution in [0.2, 0.25) is 0 Å². The molecule has 1 amide bonds. The predicted octanol–water partition coefficient (Wildman–Crippen LogP) is 4.00. The summed E-state index contributed by atoms with van der Waals surface area (Å²) in [5, 5.41) is 13.2. The molecule has 22 heavy (non-hydrogen) atoms. The molecule has 1 aromatic carbocycles. The number of benzene rings is 1. The average molecular weight is 393 g/mol. The highest BCUT2D eigenvalue weighted by molar-refractivity contribution is 9.10. The Morgan fingerprint density at radius 1 is 1.32 bits per heavy atom. The van der Waals surface area contributed by atoms with Crippen molar-refractivity contribution in [3.8, 4) is 5.75 Å². The molecule has 4 nitrogen and oxygen atoms in total. The Bertz CT molecular complexity index is 728. The lowest BCUT2D eigenvalue weighted by Crippen LogP contribution is -2.16. The van der Waals surface area contributed by atoms with Crippen LogP contribution in [0.25, 0.3) is 0 Å². The van der Waals surface area contributed by atoms with E-state index in [-0.39, 0.29) is 10.6 Å². The van der Waals surface area contributed by atoms with Gasteiger partial charge in [-0.3, -0.25) is 4.79 Å². The van der Waals surface area contributed by atoms with Crippen LogP contribution in [0.1, 0.15) is 20.1 Å². The number of hydrogen-bond acceptors (Lipinski definition) is 4. The second-order valence-corrected chi connectivity index (χ2v) is 6.06. The molecule has 0 fully saturated rings. The van der Waals surface area contributed by atoms with E-state index >= 15 is 0 Å². The van der Waals surface area contributed by atoms with E-state index in [1.165, 1.54) is 12.3 Å². The van der Waals surface area contributed by atoms with Crippen LogP contribution in [-0.2, 0) is 6.18 Å². The molecule has 0 saturated carbocycles. The monoisotopic (exact) mass is 392 g/mol. The number of hydrazone groups is 1. The number of phenols is 1. The molecule has 0 saturated heterocycles. The van der Waals surface area contributed by atoms with Crippen molar-refractivity contribution in [2.45, 2.75) is 6.18 Å². The van der Waals surface area contributed by atoms with E-state index in [0.29, 0.717) is 21.4 Å². The Labute approximate surface area is 135 Å². The van der Waals surface area contributed by atoms with Gasteiger partial charge in [-0.2, -0.15) is 18.3 Å². The fraction of sp³-hybridized carbons (Fsp3) is 0.0769. The van der Waals surface area contributed by atoms with Crippen LogP contribution < -0.4 is 5.43 Å². The van der Waals surface area contributed by atoms with Crippen LogP contribution in [0.3, 0.4) is 0 Å². The minimum absolute atomic E-state index is 0.0447. The van der Waals surface area contributed by atoms with Gasteiger partial charge in [0.2, 0.25) is 0 Å². The first-order chi connectivity index (χ1) is 10.3. The quantitative estimate of drug-likeness (QED) is 0.612. The Morgan fingerprint density at radius 2 is 2.05 bits per heavy atom. The van der Waals surface area contributed by atoms with E-state index in [0.717, 1.165) is 12.1 Å². The lowest BCUT2D eigenvalue weighted by Gasteiger charge is -2.01. The number of thiophene rings is 1. The van der Waals surface area contributed by atoms with Crippen molar-refractivity contribution in [1.29, 1.82) is 0 Å². The summed E-state index contributed by atoms with van der Waals surface area (Å²) in [4.78, 5) is 10.7. The highest BCUT2D eigenvalue weighted by atomic mass is 79.9. The van der Waals surface area contributed by atoms with Crippen molar-refractivity contribution in [2.75, 3.05) is 0 Å². The van der Waals surface area contributed by atoms with Gasteiger partial charge in [-0.05, 0) is 30.3 Å². The summed E-state index contributed by atoms with van der Waals surface area (Å²) in [6, 6.07) is 6.54. The first-order valence-corrected chi connectivity index (χ1v) is 7.37. The summed E-state index contributed by atoms with van der Waals surface area (Å²) in [5.74, 6) is -0.803. The maximum atomic E-state index is 12.4. The molecule has 0 bridgehead atoms. The molecule has 9 heteroatoms. The summed E-state index contributed by atoms with van der Waals surface area (Å²) >= 11 is 3.54. The molecule has 2 N–H and O–H groups in total. The van der Waals surface area contributed by atoms with Gasteiger partial charge in [0, 0.05) is 10.0 Å². The third-order valence-electron chi connectivity index (χ3n) is 2.47. The topological polar surface area (TPSA) is 61.7 Å². The molecular formula is C13H8BrF3N2O2S. The molecule has 0 atom stereocenters. The number of hydrogen-bond donors (Lipinski definition) is 2. The summed E-state index contributed by atoms with van der Waals surface area (Å²) in [6.45, 7) is 0. The number of amides is 1. The van der Waals surface area contributed by atoms with E-state index in [1.54, 1.807) is 12.1 Å². The van der Waals surface area contributed by atoms with Crippen LogP contribution in [0.4, 0.5) is 13.2 Å². The van der Waals surface area contributed by atoms with Crippen LogP contribution >= 0.6 is 27.3 Å². The third-order valence-corrected chi connectivity index (χ3v) is 4.09. The fourth-order valence-corrected chi connectivity index (χ4v) is 2.60. The Morgan fingerprint density at radius 3 is 2.68 bits per heavy atom. The van der Waals surface area contributed by atoms with E-state index in [2.05, 4.69) is 26.5 Å². The van der Waals surface area contributed by atoms with Gasteiger partial charge in [0.15, 0.2) is 0 Å². The number of halogens is 4. The zero-order valence-corrected chi connectivity index (χ0v) is 13.1. The molecule has 0 aliphatic rings. The summed E-state index contributed by atoms with van der Waals surface area (Å²) in [6.07, 6.45) is -3.29. The molecule has 0 radical (unpaired) electrons. The van der Waals surface area contributed by atoms with E-state index in [9.17, 15) is 23.1 Å². The molecule has 0 spiro atoms. The number of rotatable bonds is 3. The van der Waals surface area contributed by atoms with Crippen LogP contribution in [0, 0.1) is 0 Å². The molecule has 2 rings (SSSR count). The molecule has 0 unspecified atom stereocenters. The third kappa shape index (κ3) is 4.08. The molecular weight excluding hydrogens is 385 g/mol. The van der Waals surface area contributed by atoms with Crippen molar-refractivity contribution in [3.05, 3.63) is 50.1 Å². The van der Waals surface area contributed by atoms with Gasteiger partial charge < -0.3 is 5.11 Å². The number of phenolic OH excluding ortho intramolecular Hbond substituents is 1. The van der Waals surface area contributed by atoms with Crippen molar-refractivity contribution in [1.82, 2.24) is 5.43 Å². The van der Waals surface area contributed by atoms with Gasteiger partial charge in [-0.25, -0.2) is 5.43 Å². The molecule has 2 aromatic rings. The number of carbonyl (C=O) groups is 1. The minimum atomic E-state index is -4.48. The Kier molecular flexibility index (Phi) is 4.87. The van der Waals surface area contributed by atoms with Crippen molar-refractivity contribution in [3.63, 3.8) is 0 Å². The standard InChI is InChI=1S/C13H8BrF3N2O2S/c14-8-1-2-9(20)7(5-8)6-18-19-12(21)10-3-4-11(22-10)13(15,16)17/h1-6,20H,(H,19,21)/b18-6+. The van der Waals surface area contributed by atoms with Crippen LogP contribution in [0.15, 0.2) is 39.9 Å².